The average molecular weight is 510 g/mol. The summed E-state index contributed by atoms with van der Waals surface area (Å²) in [7, 11) is -2.70. The van der Waals surface area contributed by atoms with Crippen LogP contribution in [0.25, 0.3) is 10.9 Å². The van der Waals surface area contributed by atoms with Crippen molar-refractivity contribution in [3.63, 3.8) is 0 Å². The van der Waals surface area contributed by atoms with E-state index >= 15 is 0 Å². The zero-order valence-electron chi connectivity index (χ0n) is 18.4. The normalized spacial score (nSPS) is 15.2. The molecule has 0 atom stereocenters. The fourth-order valence-corrected chi connectivity index (χ4v) is 5.28. The smallest absolute Gasteiger partial charge is 0.375 e. The van der Waals surface area contributed by atoms with Gasteiger partial charge in [-0.1, -0.05) is 19.9 Å². The molecule has 0 fully saturated rings. The van der Waals surface area contributed by atoms with Gasteiger partial charge < -0.3 is 9.17 Å². The molecule has 1 aliphatic carbocycles. The lowest BCUT2D eigenvalue weighted by Gasteiger charge is -2.33. The van der Waals surface area contributed by atoms with E-state index in [4.69, 9.17) is 0 Å². The van der Waals surface area contributed by atoms with Crippen LogP contribution in [-0.4, -0.2) is 43.1 Å². The number of benzene rings is 2. The largest absolute Gasteiger partial charge is 0.534 e. The lowest BCUT2D eigenvalue weighted by Crippen LogP contribution is -2.31. The van der Waals surface area contributed by atoms with Gasteiger partial charge in [-0.05, 0) is 55.9 Å². The second kappa shape index (κ2) is 7.76. The van der Waals surface area contributed by atoms with Crippen LogP contribution in [0.1, 0.15) is 46.6 Å². The molecule has 34 heavy (non-hydrogen) atoms. The quantitative estimate of drug-likeness (QED) is 0.309. The van der Waals surface area contributed by atoms with Crippen LogP contribution < -0.4 is 4.18 Å². The van der Waals surface area contributed by atoms with E-state index in [-0.39, 0.29) is 16.2 Å². The molecule has 4 rings (SSSR count). The van der Waals surface area contributed by atoms with E-state index in [0.717, 1.165) is 11.9 Å². The number of nitriles is 1. The lowest BCUT2D eigenvalue weighted by atomic mass is 9.71. The molecule has 0 amide bonds. The molecule has 0 aliphatic heterocycles. The van der Waals surface area contributed by atoms with Gasteiger partial charge in [-0.3, -0.25) is 9.10 Å². The zero-order valence-corrected chi connectivity index (χ0v) is 20.0. The first-order valence-electron chi connectivity index (χ1n) is 9.83. The van der Waals surface area contributed by atoms with Crippen molar-refractivity contribution >= 4 is 38.8 Å². The topological polar surface area (TPSA) is 103 Å². The third kappa shape index (κ3) is 3.73. The summed E-state index contributed by atoms with van der Waals surface area (Å²) in [4.78, 5) is 16.8. The molecule has 0 saturated heterocycles. The molecule has 12 heteroatoms. The molecule has 1 heterocycles. The summed E-state index contributed by atoms with van der Waals surface area (Å²) in [6.45, 7) is 3.52. The van der Waals surface area contributed by atoms with Gasteiger partial charge in [-0.15, -0.1) is 0 Å². The summed E-state index contributed by atoms with van der Waals surface area (Å²) in [5.74, 6) is -0.895. The van der Waals surface area contributed by atoms with Gasteiger partial charge in [0.1, 0.15) is 0 Å². The number of nitrogens with one attached hydrogen (secondary N) is 1. The molecule has 1 aliphatic rings. The summed E-state index contributed by atoms with van der Waals surface area (Å²) in [6, 6.07) is 9.45. The Morgan fingerprint density at radius 3 is 2.44 bits per heavy atom. The minimum absolute atomic E-state index is 0.0378. The van der Waals surface area contributed by atoms with Crippen LogP contribution >= 0.6 is 11.9 Å². The number of carbonyl (C=O) groups is 1. The Labute approximate surface area is 197 Å². The summed E-state index contributed by atoms with van der Waals surface area (Å²) in [5, 5.41) is 9.81. The fraction of sp³-hybridized carbons (Fsp3) is 0.273. The molecule has 1 aromatic heterocycles. The number of hydrogen-bond acceptors (Lipinski definition) is 7. The molecular formula is C22H18F3N3O4S2. The maximum atomic E-state index is 13.6. The second-order valence-electron chi connectivity index (χ2n) is 8.43. The maximum absolute atomic E-state index is 13.6. The number of carbonyl (C=O) groups excluding carboxylic acids is 1. The Morgan fingerprint density at radius 2 is 1.85 bits per heavy atom. The summed E-state index contributed by atoms with van der Waals surface area (Å²) in [6.07, 6.45) is 0. The van der Waals surface area contributed by atoms with Crippen molar-refractivity contribution in [2.24, 2.45) is 0 Å². The predicted octanol–water partition coefficient (Wildman–Crippen LogP) is 4.71. The van der Waals surface area contributed by atoms with Crippen LogP contribution in [0.2, 0.25) is 0 Å². The molecule has 0 radical (unpaired) electrons. The number of aromatic nitrogens is 1. The van der Waals surface area contributed by atoms with Crippen molar-refractivity contribution in [1.82, 2.24) is 9.29 Å². The Morgan fingerprint density at radius 1 is 1.18 bits per heavy atom. The minimum Gasteiger partial charge on any atom is -0.375 e. The first-order valence-corrected chi connectivity index (χ1v) is 12.0. The number of nitrogens with zero attached hydrogens (tertiary/aromatic N) is 2. The number of ketones is 1. The third-order valence-corrected chi connectivity index (χ3v) is 7.39. The van der Waals surface area contributed by atoms with Gasteiger partial charge >= 0.3 is 15.6 Å². The van der Waals surface area contributed by atoms with E-state index in [1.807, 2.05) is 6.07 Å². The zero-order chi connectivity index (χ0) is 25.2. The number of hydrogen-bond donors (Lipinski definition) is 1. The standard InChI is InChI=1S/C22H18F3N3O4S2/c1-21(2)14-9-16(32-34(30,31)22(23,24)25)17(33-28(3)4)8-13(14)19(29)18-12-6-5-11(10-26)7-15(12)27-20(18)21/h5-9,27H,1-4H3. The molecule has 2 aromatic carbocycles. The van der Waals surface area contributed by atoms with Gasteiger partial charge in [0.05, 0.1) is 22.1 Å². The van der Waals surface area contributed by atoms with Crippen LogP contribution in [-0.2, 0) is 15.5 Å². The van der Waals surface area contributed by atoms with Crippen LogP contribution in [0.15, 0.2) is 35.2 Å². The Hall–Kier alpha value is -3.01. The first-order chi connectivity index (χ1) is 15.7. The summed E-state index contributed by atoms with van der Waals surface area (Å²) < 4.78 is 68.7. The molecule has 0 bridgehead atoms. The van der Waals surface area contributed by atoms with E-state index in [0.29, 0.717) is 33.3 Å². The van der Waals surface area contributed by atoms with Gasteiger partial charge in [0.25, 0.3) is 0 Å². The number of fused-ring (bicyclic) bond motifs is 4. The summed E-state index contributed by atoms with van der Waals surface area (Å²) >= 11 is 0.924. The monoisotopic (exact) mass is 509 g/mol. The number of rotatable bonds is 4. The van der Waals surface area contributed by atoms with Crippen molar-refractivity contribution in [1.29, 1.82) is 5.26 Å². The van der Waals surface area contributed by atoms with Gasteiger partial charge in [0.15, 0.2) is 11.5 Å². The Balaban J connectivity index is 1.97. The average Bonchev–Trinajstić information content (AvgIpc) is 3.11. The first kappa shape index (κ1) is 24.1. The third-order valence-electron chi connectivity index (χ3n) is 5.55. The van der Waals surface area contributed by atoms with Crippen LogP contribution in [0, 0.1) is 11.3 Å². The van der Waals surface area contributed by atoms with Crippen LogP contribution in [0.3, 0.4) is 0 Å². The Kier molecular flexibility index (Phi) is 5.51. The van der Waals surface area contributed by atoms with Gasteiger partial charge in [0.2, 0.25) is 0 Å². The molecule has 1 N–H and O–H groups in total. The molecular weight excluding hydrogens is 491 g/mol. The minimum atomic E-state index is -5.93. The molecule has 7 nitrogen and oxygen atoms in total. The van der Waals surface area contributed by atoms with Gasteiger partial charge in [0, 0.05) is 27.6 Å². The fourth-order valence-electron chi connectivity index (χ4n) is 4.00. The highest BCUT2D eigenvalue weighted by Crippen LogP contribution is 2.47. The van der Waals surface area contributed by atoms with Crippen molar-refractivity contribution < 1.29 is 30.6 Å². The van der Waals surface area contributed by atoms with E-state index in [1.165, 1.54) is 16.4 Å². The predicted molar refractivity (Wildman–Crippen MR) is 120 cm³/mol. The van der Waals surface area contributed by atoms with Crippen molar-refractivity contribution in [2.45, 2.75) is 29.7 Å². The number of H-pyrrole nitrogens is 1. The van der Waals surface area contributed by atoms with E-state index < -0.39 is 26.8 Å². The van der Waals surface area contributed by atoms with Crippen molar-refractivity contribution in [2.75, 3.05) is 14.1 Å². The molecule has 0 unspecified atom stereocenters. The van der Waals surface area contributed by atoms with Crippen LogP contribution in [0.4, 0.5) is 13.2 Å². The number of halogens is 3. The highest BCUT2D eigenvalue weighted by atomic mass is 32.2. The van der Waals surface area contributed by atoms with E-state index in [2.05, 4.69) is 9.17 Å². The molecule has 0 spiro atoms. The van der Waals surface area contributed by atoms with Crippen molar-refractivity contribution in [3.05, 3.63) is 58.3 Å². The highest BCUT2D eigenvalue weighted by Gasteiger charge is 2.49. The number of aromatic amines is 1. The maximum Gasteiger partial charge on any atom is 0.534 e. The molecule has 178 valence electrons. The molecule has 0 saturated carbocycles. The SMILES string of the molecule is CN(C)Sc1cc2c(cc1OS(=O)(=O)C(F)(F)F)C(C)(C)c1[nH]c3cc(C#N)ccc3c1C2=O. The van der Waals surface area contributed by atoms with Crippen LogP contribution in [0.5, 0.6) is 5.75 Å². The molecule has 3 aromatic rings. The van der Waals surface area contributed by atoms with Gasteiger partial charge in [-0.2, -0.15) is 26.9 Å². The van der Waals surface area contributed by atoms with E-state index in [1.54, 1.807) is 46.1 Å². The van der Waals surface area contributed by atoms with Crippen molar-refractivity contribution in [3.8, 4) is 11.8 Å². The second-order valence-corrected chi connectivity index (χ2v) is 11.3. The highest BCUT2D eigenvalue weighted by molar-refractivity contribution is 7.97. The summed E-state index contributed by atoms with van der Waals surface area (Å²) in [5.41, 5.74) is -4.13. The lowest BCUT2D eigenvalue weighted by molar-refractivity contribution is -0.0500. The Bertz CT molecular complexity index is 1500. The van der Waals surface area contributed by atoms with E-state index in [9.17, 15) is 31.6 Å². The number of alkyl halides is 3. The van der Waals surface area contributed by atoms with Gasteiger partial charge in [-0.25, -0.2) is 0 Å².